The Balaban J connectivity index is 2.07. The summed E-state index contributed by atoms with van der Waals surface area (Å²) in [5, 5.41) is 0. The van der Waals surface area contributed by atoms with Crippen LogP contribution in [-0.4, -0.2) is 11.4 Å². The summed E-state index contributed by atoms with van der Waals surface area (Å²) in [6, 6.07) is 23.4. The Hall–Kier alpha value is -3.00. The number of aliphatic imine (C=N–C) groups is 2. The predicted molar refractivity (Wildman–Crippen MR) is 131 cm³/mol. The lowest BCUT2D eigenvalue weighted by Gasteiger charge is -2.13. The summed E-state index contributed by atoms with van der Waals surface area (Å²) < 4.78 is 0. The molecule has 0 fully saturated rings. The molecule has 3 aromatic carbocycles. The van der Waals surface area contributed by atoms with Crippen LogP contribution in [0.15, 0.2) is 76.7 Å². The first kappa shape index (κ1) is 21.7. The van der Waals surface area contributed by atoms with Crippen molar-refractivity contribution in [1.29, 1.82) is 0 Å². The standard InChI is InChI=1S/C28H32N2/c1-6-25(29-27-20(2)12-10-13-21(27)3)26(19-18-24-16-8-7-9-17-24)30-28-22(4)14-11-15-23(28)5/h7-17H,6,18-19H2,1-5H3. The van der Waals surface area contributed by atoms with E-state index in [0.29, 0.717) is 0 Å². The topological polar surface area (TPSA) is 24.7 Å². The van der Waals surface area contributed by atoms with Crippen molar-refractivity contribution in [2.75, 3.05) is 0 Å². The molecular weight excluding hydrogens is 364 g/mol. The van der Waals surface area contributed by atoms with Crippen molar-refractivity contribution in [2.45, 2.75) is 53.9 Å². The minimum atomic E-state index is 0.853. The van der Waals surface area contributed by atoms with Gasteiger partial charge < -0.3 is 0 Å². The van der Waals surface area contributed by atoms with Gasteiger partial charge >= 0.3 is 0 Å². The van der Waals surface area contributed by atoms with E-state index in [1.807, 2.05) is 0 Å². The number of nitrogens with zero attached hydrogens (tertiary/aromatic N) is 2. The average Bonchev–Trinajstić information content (AvgIpc) is 2.74. The molecule has 0 aromatic heterocycles. The summed E-state index contributed by atoms with van der Waals surface area (Å²) in [6.45, 7) is 10.7. The van der Waals surface area contributed by atoms with Crippen molar-refractivity contribution >= 4 is 22.8 Å². The van der Waals surface area contributed by atoms with Crippen molar-refractivity contribution < 1.29 is 0 Å². The molecule has 0 unspecified atom stereocenters. The van der Waals surface area contributed by atoms with Crippen LogP contribution in [0, 0.1) is 27.7 Å². The molecule has 0 amide bonds. The number of rotatable bonds is 7. The molecule has 0 N–H and O–H groups in total. The smallest absolute Gasteiger partial charge is 0.0692 e. The lowest BCUT2D eigenvalue weighted by Crippen LogP contribution is -2.15. The molecule has 3 aromatic rings. The molecule has 154 valence electrons. The summed E-state index contributed by atoms with van der Waals surface area (Å²) >= 11 is 0. The van der Waals surface area contributed by atoms with Crippen LogP contribution in [0.3, 0.4) is 0 Å². The van der Waals surface area contributed by atoms with E-state index in [1.54, 1.807) is 0 Å². The molecule has 3 rings (SSSR count). The zero-order valence-corrected chi connectivity index (χ0v) is 18.9. The van der Waals surface area contributed by atoms with E-state index in [1.165, 1.54) is 27.8 Å². The Morgan fingerprint density at radius 2 is 1.07 bits per heavy atom. The van der Waals surface area contributed by atoms with Crippen LogP contribution in [0.1, 0.15) is 47.6 Å². The highest BCUT2D eigenvalue weighted by Gasteiger charge is 2.12. The van der Waals surface area contributed by atoms with Crippen LogP contribution in [0.25, 0.3) is 0 Å². The third-order valence-corrected chi connectivity index (χ3v) is 5.53. The van der Waals surface area contributed by atoms with Gasteiger partial charge in [-0.05, 0) is 74.8 Å². The largest absolute Gasteiger partial charge is 0.251 e. The Bertz CT molecular complexity index is 1020. The minimum absolute atomic E-state index is 0.853. The van der Waals surface area contributed by atoms with Crippen LogP contribution in [0.4, 0.5) is 11.4 Å². The van der Waals surface area contributed by atoms with Crippen molar-refractivity contribution in [1.82, 2.24) is 0 Å². The van der Waals surface area contributed by atoms with Gasteiger partial charge in [-0.25, -0.2) is 0 Å². The Labute approximate surface area is 181 Å². The summed E-state index contributed by atoms with van der Waals surface area (Å²) in [5.74, 6) is 0. The maximum Gasteiger partial charge on any atom is 0.0692 e. The molecule has 0 saturated carbocycles. The minimum Gasteiger partial charge on any atom is -0.251 e. The van der Waals surface area contributed by atoms with E-state index in [9.17, 15) is 0 Å². The molecule has 0 saturated heterocycles. The quantitative estimate of drug-likeness (QED) is 0.364. The third kappa shape index (κ3) is 5.33. The lowest BCUT2D eigenvalue weighted by atomic mass is 10.0. The summed E-state index contributed by atoms with van der Waals surface area (Å²) in [4.78, 5) is 10.3. The molecule has 30 heavy (non-hydrogen) atoms. The molecule has 2 nitrogen and oxygen atoms in total. The van der Waals surface area contributed by atoms with Crippen molar-refractivity contribution in [3.63, 3.8) is 0 Å². The first-order valence-corrected chi connectivity index (χ1v) is 10.8. The zero-order chi connectivity index (χ0) is 21.5. The maximum atomic E-state index is 5.19. The Morgan fingerprint density at radius 1 is 0.600 bits per heavy atom. The lowest BCUT2D eigenvalue weighted by molar-refractivity contribution is 1.04. The fraction of sp³-hybridized carbons (Fsp3) is 0.286. The highest BCUT2D eigenvalue weighted by atomic mass is 14.8. The number of hydrogen-bond acceptors (Lipinski definition) is 2. The first-order valence-electron chi connectivity index (χ1n) is 10.8. The van der Waals surface area contributed by atoms with E-state index < -0.39 is 0 Å². The molecule has 0 bridgehead atoms. The van der Waals surface area contributed by atoms with E-state index >= 15 is 0 Å². The van der Waals surface area contributed by atoms with Gasteiger partial charge in [-0.15, -0.1) is 0 Å². The molecule has 0 aliphatic heterocycles. The van der Waals surface area contributed by atoms with Crippen LogP contribution >= 0.6 is 0 Å². The van der Waals surface area contributed by atoms with Gasteiger partial charge in [-0.1, -0.05) is 73.7 Å². The second-order valence-electron chi connectivity index (χ2n) is 7.94. The molecule has 0 aliphatic carbocycles. The predicted octanol–water partition coefficient (Wildman–Crippen LogP) is 7.81. The fourth-order valence-corrected chi connectivity index (χ4v) is 3.75. The van der Waals surface area contributed by atoms with Gasteiger partial charge in [0.1, 0.15) is 0 Å². The average molecular weight is 397 g/mol. The van der Waals surface area contributed by atoms with E-state index in [4.69, 9.17) is 9.98 Å². The number of hydrogen-bond donors (Lipinski definition) is 0. The van der Waals surface area contributed by atoms with Crippen molar-refractivity contribution in [3.05, 3.63) is 94.5 Å². The normalized spacial score (nSPS) is 12.3. The summed E-state index contributed by atoms with van der Waals surface area (Å²) in [6.07, 6.45) is 2.68. The second-order valence-corrected chi connectivity index (χ2v) is 7.94. The molecule has 0 atom stereocenters. The highest BCUT2D eigenvalue weighted by Crippen LogP contribution is 2.27. The van der Waals surface area contributed by atoms with Gasteiger partial charge in [0.05, 0.1) is 22.8 Å². The van der Waals surface area contributed by atoms with Crippen molar-refractivity contribution in [2.24, 2.45) is 9.98 Å². The molecule has 0 aliphatic rings. The molecule has 0 heterocycles. The molecule has 2 heteroatoms. The third-order valence-electron chi connectivity index (χ3n) is 5.53. The molecule has 0 spiro atoms. The van der Waals surface area contributed by atoms with Gasteiger partial charge in [-0.2, -0.15) is 0 Å². The van der Waals surface area contributed by atoms with Gasteiger partial charge in [0.25, 0.3) is 0 Å². The van der Waals surface area contributed by atoms with E-state index in [2.05, 4.69) is 101 Å². The van der Waals surface area contributed by atoms with E-state index in [0.717, 1.165) is 42.1 Å². The number of benzene rings is 3. The van der Waals surface area contributed by atoms with Crippen LogP contribution in [0.5, 0.6) is 0 Å². The van der Waals surface area contributed by atoms with Gasteiger partial charge in [-0.3, -0.25) is 9.98 Å². The second kappa shape index (κ2) is 10.2. The highest BCUT2D eigenvalue weighted by molar-refractivity contribution is 6.43. The van der Waals surface area contributed by atoms with Gasteiger partial charge in [0.15, 0.2) is 0 Å². The monoisotopic (exact) mass is 396 g/mol. The van der Waals surface area contributed by atoms with Gasteiger partial charge in [0, 0.05) is 0 Å². The van der Waals surface area contributed by atoms with Crippen LogP contribution in [0.2, 0.25) is 0 Å². The fourth-order valence-electron chi connectivity index (χ4n) is 3.75. The number of para-hydroxylation sites is 2. The molecule has 0 radical (unpaired) electrons. The van der Waals surface area contributed by atoms with Crippen molar-refractivity contribution in [3.8, 4) is 0 Å². The van der Waals surface area contributed by atoms with Crippen LogP contribution in [-0.2, 0) is 6.42 Å². The van der Waals surface area contributed by atoms with Crippen LogP contribution < -0.4 is 0 Å². The summed E-state index contributed by atoms with van der Waals surface area (Å²) in [7, 11) is 0. The van der Waals surface area contributed by atoms with Gasteiger partial charge in [0.2, 0.25) is 0 Å². The zero-order valence-electron chi connectivity index (χ0n) is 18.9. The summed E-state index contributed by atoms with van der Waals surface area (Å²) in [5.41, 5.74) is 10.4. The first-order chi connectivity index (χ1) is 14.5. The number of aryl methyl sites for hydroxylation is 5. The maximum absolute atomic E-state index is 5.19. The Kier molecular flexibility index (Phi) is 7.35. The molecular formula is C28H32N2. The Morgan fingerprint density at radius 3 is 1.53 bits per heavy atom. The van der Waals surface area contributed by atoms with E-state index in [-0.39, 0.29) is 0 Å². The SMILES string of the molecule is CCC(=Nc1c(C)cccc1C)C(CCc1ccccc1)=Nc1c(C)cccc1C.